The van der Waals surface area contributed by atoms with E-state index in [0.29, 0.717) is 61.3 Å². The fraction of sp³-hybridized carbons (Fsp3) is 0.432. The number of carbonyl (C=O) groups excluding carboxylic acids is 5. The number of carbonyl (C=O) groups is 5. The van der Waals surface area contributed by atoms with Crippen LogP contribution in [0.5, 0.6) is 0 Å². The molecule has 19 nitrogen and oxygen atoms in total. The SMILES string of the molecule is CSSC(C)c1cc(NC(=O)COCCOCCN)ccc1C(=O)OCCCCC(=O)NCC#Cc1cn([C@H](O)C[C@H](CC=O)OC(=O)c2ccccc2C(C)N)c2nc(N)[nH]c(=O)c12. The maximum atomic E-state index is 13.2. The van der Waals surface area contributed by atoms with Crippen molar-refractivity contribution in [3.8, 4) is 11.8 Å². The molecule has 4 atom stereocenters. The van der Waals surface area contributed by atoms with Crippen LogP contribution >= 0.6 is 21.6 Å². The Morgan fingerprint density at radius 3 is 2.49 bits per heavy atom. The van der Waals surface area contributed by atoms with Crippen LogP contribution in [-0.4, -0.2) is 108 Å². The van der Waals surface area contributed by atoms with Crippen LogP contribution in [0.25, 0.3) is 11.0 Å². The summed E-state index contributed by atoms with van der Waals surface area (Å²) in [6.45, 7) is 4.88. The molecule has 0 bridgehead atoms. The Morgan fingerprint density at radius 1 is 1.00 bits per heavy atom. The number of nitrogen functional groups attached to an aromatic ring is 1. The second-order valence-electron chi connectivity index (χ2n) is 14.5. The van der Waals surface area contributed by atoms with E-state index in [4.69, 9.17) is 36.1 Å². The molecule has 2 heterocycles. The van der Waals surface area contributed by atoms with Gasteiger partial charge in [0.05, 0.1) is 55.0 Å². The van der Waals surface area contributed by atoms with E-state index in [1.807, 2.05) is 13.2 Å². The highest BCUT2D eigenvalue weighted by Gasteiger charge is 2.26. The summed E-state index contributed by atoms with van der Waals surface area (Å²) in [7, 11) is 3.09. The van der Waals surface area contributed by atoms with Crippen LogP contribution in [0.4, 0.5) is 11.6 Å². The average molecular weight is 937 g/mol. The summed E-state index contributed by atoms with van der Waals surface area (Å²) in [4.78, 5) is 82.5. The minimum Gasteiger partial charge on any atom is -0.462 e. The molecular formula is C44H56N8O11S2. The molecule has 2 amide bonds. The van der Waals surface area contributed by atoms with Crippen LogP contribution in [0.3, 0.4) is 0 Å². The Labute approximate surface area is 384 Å². The van der Waals surface area contributed by atoms with Crippen molar-refractivity contribution in [2.75, 3.05) is 63.4 Å². The minimum absolute atomic E-state index is 0.000207. The van der Waals surface area contributed by atoms with Gasteiger partial charge in [0.25, 0.3) is 5.56 Å². The van der Waals surface area contributed by atoms with Gasteiger partial charge in [-0.05, 0) is 68.3 Å². The third-order valence-electron chi connectivity index (χ3n) is 9.53. The number of aromatic nitrogens is 3. The van der Waals surface area contributed by atoms with Gasteiger partial charge in [0, 0.05) is 49.0 Å². The number of aliphatic hydroxyl groups is 1. The quantitative estimate of drug-likeness (QED) is 0.0156. The normalized spacial score (nSPS) is 12.9. The van der Waals surface area contributed by atoms with E-state index < -0.39 is 35.9 Å². The molecule has 21 heteroatoms. The number of nitrogens with one attached hydrogen (secondary N) is 3. The van der Waals surface area contributed by atoms with Crippen molar-refractivity contribution in [3.05, 3.63) is 86.8 Å². The van der Waals surface area contributed by atoms with Gasteiger partial charge in [0.2, 0.25) is 17.8 Å². The molecule has 350 valence electrons. The van der Waals surface area contributed by atoms with Gasteiger partial charge in [-0.25, -0.2) is 9.59 Å². The molecular weight excluding hydrogens is 881 g/mol. The molecule has 0 fully saturated rings. The molecule has 10 N–H and O–H groups in total. The lowest BCUT2D eigenvalue weighted by Crippen LogP contribution is -2.25. The summed E-state index contributed by atoms with van der Waals surface area (Å²) >= 11 is 0. The Balaban J connectivity index is 1.29. The Bertz CT molecular complexity index is 2380. The van der Waals surface area contributed by atoms with Crippen LogP contribution in [0.2, 0.25) is 0 Å². The Kier molecular flexibility index (Phi) is 21.5. The number of aldehydes is 1. The maximum absolute atomic E-state index is 13.2. The molecule has 0 saturated carbocycles. The number of amides is 2. The molecule has 0 radical (unpaired) electrons. The molecule has 0 spiro atoms. The number of hydrogen-bond acceptors (Lipinski definition) is 17. The first kappa shape index (κ1) is 51.9. The number of nitrogens with two attached hydrogens (primary N) is 3. The fourth-order valence-electron chi connectivity index (χ4n) is 6.46. The largest absolute Gasteiger partial charge is 0.462 e. The van der Waals surface area contributed by atoms with Gasteiger partial charge in [-0.2, -0.15) is 4.98 Å². The van der Waals surface area contributed by atoms with E-state index in [2.05, 4.69) is 32.4 Å². The topological polar surface area (TPSA) is 295 Å². The third-order valence-corrected chi connectivity index (χ3v) is 11.7. The molecule has 4 aromatic rings. The summed E-state index contributed by atoms with van der Waals surface area (Å²) < 4.78 is 23.0. The molecule has 4 rings (SSSR count). The second kappa shape index (κ2) is 26.9. The minimum atomic E-state index is -1.43. The van der Waals surface area contributed by atoms with Crippen molar-refractivity contribution in [2.24, 2.45) is 11.5 Å². The van der Waals surface area contributed by atoms with Crippen LogP contribution in [0, 0.1) is 11.8 Å². The zero-order valence-corrected chi connectivity index (χ0v) is 38.1. The average Bonchev–Trinajstić information content (AvgIpc) is 3.64. The Morgan fingerprint density at radius 2 is 1.75 bits per heavy atom. The van der Waals surface area contributed by atoms with Crippen molar-refractivity contribution in [3.63, 3.8) is 0 Å². The van der Waals surface area contributed by atoms with Crippen molar-refractivity contribution in [2.45, 2.75) is 69.6 Å². The number of hydrogen-bond donors (Lipinski definition) is 7. The number of esters is 2. The monoisotopic (exact) mass is 936 g/mol. The standard InChI is InChI=1S/C44H56N8O11S2/c1-27(46)32-10-4-5-11-33(32)43(59)63-31(15-18-53)24-38(56)52-25-29(39-40(52)50-44(47)51-41(39)57)9-8-17-48-36(54)12-6-7-19-62-42(58)34-14-13-30(23-35(34)28(2)65-64-3)49-37(55)26-61-22-21-60-20-16-45/h4-5,10-11,13-14,18,23,25,27-28,31,38,56H,6-7,12,15-17,19-22,24,26,45-46H2,1-3H3,(H,48,54)(H,49,55)(H3,47,50,51,57)/t27?,28?,31-,38+/m0/s1. The molecule has 65 heavy (non-hydrogen) atoms. The molecule has 0 aliphatic rings. The van der Waals surface area contributed by atoms with Crippen molar-refractivity contribution >= 4 is 74.3 Å². The lowest BCUT2D eigenvalue weighted by molar-refractivity contribution is -0.121. The van der Waals surface area contributed by atoms with E-state index in [1.165, 1.54) is 10.8 Å². The van der Waals surface area contributed by atoms with Crippen molar-refractivity contribution in [1.82, 2.24) is 19.9 Å². The number of unbranched alkanes of at least 4 members (excludes halogenated alkanes) is 1. The number of anilines is 2. The molecule has 0 saturated heterocycles. The van der Waals surface area contributed by atoms with Gasteiger partial charge in [-0.1, -0.05) is 51.6 Å². The van der Waals surface area contributed by atoms with E-state index in [-0.39, 0.29) is 90.8 Å². The summed E-state index contributed by atoms with van der Waals surface area (Å²) in [6, 6.07) is 11.2. The van der Waals surface area contributed by atoms with Crippen LogP contribution in [-0.2, 0) is 33.3 Å². The predicted molar refractivity (Wildman–Crippen MR) is 249 cm³/mol. The summed E-state index contributed by atoms with van der Waals surface area (Å²) in [6.07, 6.45) is 1.87. The number of aromatic amines is 1. The maximum Gasteiger partial charge on any atom is 0.338 e. The highest BCUT2D eigenvalue weighted by Crippen LogP contribution is 2.38. The number of benzene rings is 2. The molecule has 2 aromatic heterocycles. The van der Waals surface area contributed by atoms with Gasteiger partial charge in [-0.15, -0.1) is 0 Å². The predicted octanol–water partition coefficient (Wildman–Crippen LogP) is 3.52. The summed E-state index contributed by atoms with van der Waals surface area (Å²) in [5.41, 5.74) is 19.1. The van der Waals surface area contributed by atoms with Gasteiger partial charge >= 0.3 is 11.9 Å². The number of nitrogens with zero attached hydrogens (tertiary/aromatic N) is 2. The number of rotatable bonds is 26. The number of ether oxygens (including phenoxy) is 4. The van der Waals surface area contributed by atoms with Crippen LogP contribution in [0.15, 0.2) is 53.5 Å². The first-order valence-electron chi connectivity index (χ1n) is 20.8. The molecule has 2 aromatic carbocycles. The molecule has 0 aliphatic carbocycles. The molecule has 2 unspecified atom stereocenters. The van der Waals surface area contributed by atoms with Crippen LogP contribution in [0.1, 0.15) is 101 Å². The third kappa shape index (κ3) is 16.0. The second-order valence-corrected chi connectivity index (χ2v) is 17.3. The van der Waals surface area contributed by atoms with Gasteiger partial charge in [-0.3, -0.25) is 19.4 Å². The smallest absolute Gasteiger partial charge is 0.338 e. The number of aliphatic hydroxyl groups excluding tert-OH is 1. The van der Waals surface area contributed by atoms with Crippen molar-refractivity contribution < 1.29 is 48.0 Å². The van der Waals surface area contributed by atoms with E-state index in [1.54, 1.807) is 71.0 Å². The molecule has 0 aliphatic heterocycles. The van der Waals surface area contributed by atoms with Crippen molar-refractivity contribution in [1.29, 1.82) is 0 Å². The zero-order chi connectivity index (χ0) is 47.3. The van der Waals surface area contributed by atoms with Gasteiger partial charge in [0.1, 0.15) is 25.2 Å². The highest BCUT2D eigenvalue weighted by molar-refractivity contribution is 8.76. The van der Waals surface area contributed by atoms with Gasteiger partial charge in [0.15, 0.2) is 5.65 Å². The lowest BCUT2D eigenvalue weighted by Gasteiger charge is -2.21. The first-order valence-corrected chi connectivity index (χ1v) is 23.4. The number of fused-ring (bicyclic) bond motifs is 1. The summed E-state index contributed by atoms with van der Waals surface area (Å²) in [5, 5.41) is 16.7. The number of H-pyrrole nitrogens is 1. The van der Waals surface area contributed by atoms with E-state index in [9.17, 15) is 33.9 Å². The van der Waals surface area contributed by atoms with Gasteiger partial charge < -0.3 is 61.3 Å². The van der Waals surface area contributed by atoms with Crippen LogP contribution < -0.4 is 33.4 Å². The Hall–Kier alpha value is -5.73. The van der Waals surface area contributed by atoms with E-state index >= 15 is 0 Å². The first-order chi connectivity index (χ1) is 31.3. The highest BCUT2D eigenvalue weighted by atomic mass is 33.1. The summed E-state index contributed by atoms with van der Waals surface area (Å²) in [5.74, 6) is 3.52. The fourth-order valence-corrected chi connectivity index (χ4v) is 8.23. The lowest BCUT2D eigenvalue weighted by atomic mass is 10.0. The van der Waals surface area contributed by atoms with E-state index in [0.717, 1.165) is 0 Å². The zero-order valence-electron chi connectivity index (χ0n) is 36.5.